The number of halogens is 3. The fourth-order valence-electron chi connectivity index (χ4n) is 6.02. The molecule has 6 aromatic heterocycles. The van der Waals surface area contributed by atoms with E-state index in [-0.39, 0.29) is 53.2 Å². The summed E-state index contributed by atoms with van der Waals surface area (Å²) in [6, 6.07) is 18.0. The Hall–Kier alpha value is -8.53. The van der Waals surface area contributed by atoms with E-state index in [1.165, 1.54) is 36.4 Å². The highest BCUT2D eigenvalue weighted by molar-refractivity contribution is 5.81. The molecular formula is C46H44F3N15O4. The molecule has 0 aliphatic heterocycles. The largest absolute Gasteiger partial charge is 0.476 e. The third-order valence-corrected chi connectivity index (χ3v) is 9.21. The Kier molecular flexibility index (Phi) is 15.4. The van der Waals surface area contributed by atoms with E-state index in [1.54, 1.807) is 62.1 Å². The minimum absolute atomic E-state index is 0.0498. The van der Waals surface area contributed by atoms with E-state index in [1.807, 2.05) is 13.8 Å². The van der Waals surface area contributed by atoms with E-state index in [0.717, 1.165) is 29.5 Å². The number of fused-ring (bicyclic) bond motifs is 3. The number of nitrogen functional groups attached to an aromatic ring is 3. The number of hydrogen-bond acceptors (Lipinski definition) is 19. The molecule has 68 heavy (non-hydrogen) atoms. The molecule has 3 aromatic carbocycles. The van der Waals surface area contributed by atoms with Crippen molar-refractivity contribution in [2.24, 2.45) is 0 Å². The second kappa shape index (κ2) is 22.1. The van der Waals surface area contributed by atoms with Crippen LogP contribution in [0.15, 0.2) is 91.4 Å². The van der Waals surface area contributed by atoms with Gasteiger partial charge in [0.2, 0.25) is 35.5 Å². The van der Waals surface area contributed by atoms with Crippen LogP contribution in [0.4, 0.5) is 31.0 Å². The lowest BCUT2D eigenvalue weighted by Gasteiger charge is -2.11. The molecule has 6 heterocycles. The average molecular weight is 928 g/mol. The van der Waals surface area contributed by atoms with E-state index >= 15 is 0 Å². The van der Waals surface area contributed by atoms with Crippen molar-refractivity contribution in [2.45, 2.75) is 39.7 Å². The van der Waals surface area contributed by atoms with Gasteiger partial charge in [-0.1, -0.05) is 13.3 Å². The predicted molar refractivity (Wildman–Crippen MR) is 248 cm³/mol. The third kappa shape index (κ3) is 12.2. The molecule has 0 aliphatic rings. The summed E-state index contributed by atoms with van der Waals surface area (Å²) in [6.45, 7) is 7.04. The Morgan fingerprint density at radius 2 is 0.824 bits per heavy atom. The Morgan fingerprint density at radius 1 is 0.471 bits per heavy atom. The summed E-state index contributed by atoms with van der Waals surface area (Å²) in [5.41, 5.74) is 23.2. The molecule has 0 unspecified atom stereocenters. The maximum absolute atomic E-state index is 13.0. The highest BCUT2D eigenvalue weighted by Gasteiger charge is 2.16. The second-order valence-corrected chi connectivity index (χ2v) is 14.7. The number of methoxy groups -OCH3 is 1. The van der Waals surface area contributed by atoms with Crippen LogP contribution < -0.4 is 31.4 Å². The quantitative estimate of drug-likeness (QED) is 0.0949. The van der Waals surface area contributed by atoms with E-state index in [9.17, 15) is 13.2 Å². The maximum atomic E-state index is 13.0. The number of ether oxygens (including phenoxy) is 4. The predicted octanol–water partition coefficient (Wildman–Crippen LogP) is 7.42. The Labute approximate surface area is 386 Å². The molecule has 19 nitrogen and oxygen atoms in total. The van der Waals surface area contributed by atoms with Gasteiger partial charge in [0.15, 0.2) is 33.5 Å². The topological polar surface area (TPSA) is 270 Å². The molecule has 0 bridgehead atoms. The first-order chi connectivity index (χ1) is 32.9. The third-order valence-electron chi connectivity index (χ3n) is 9.21. The fraction of sp³-hybridized carbons (Fsp3) is 0.217. The maximum Gasteiger partial charge on any atom is 0.247 e. The van der Waals surface area contributed by atoms with Gasteiger partial charge in [0, 0.05) is 23.8 Å². The molecule has 0 aliphatic carbocycles. The van der Waals surface area contributed by atoms with Crippen LogP contribution >= 0.6 is 0 Å². The molecule has 9 aromatic rings. The van der Waals surface area contributed by atoms with Gasteiger partial charge < -0.3 is 36.1 Å². The van der Waals surface area contributed by atoms with Crippen molar-refractivity contribution in [2.75, 3.05) is 44.1 Å². The summed E-state index contributed by atoms with van der Waals surface area (Å²) in [4.78, 5) is 50.6. The zero-order valence-corrected chi connectivity index (χ0v) is 37.1. The van der Waals surface area contributed by atoms with E-state index in [4.69, 9.17) is 36.1 Å². The average Bonchev–Trinajstić information content (AvgIpc) is 3.32. The molecule has 0 fully saturated rings. The van der Waals surface area contributed by atoms with Crippen LogP contribution in [0.3, 0.4) is 0 Å². The molecule has 0 radical (unpaired) electrons. The van der Waals surface area contributed by atoms with Crippen molar-refractivity contribution in [3.05, 3.63) is 109 Å². The Bertz CT molecular complexity index is 3000. The van der Waals surface area contributed by atoms with E-state index in [0.29, 0.717) is 76.3 Å². The van der Waals surface area contributed by atoms with E-state index < -0.39 is 0 Å². The Morgan fingerprint density at radius 3 is 1.18 bits per heavy atom. The van der Waals surface area contributed by atoms with Crippen molar-refractivity contribution < 1.29 is 32.1 Å². The summed E-state index contributed by atoms with van der Waals surface area (Å²) in [6.07, 6.45) is 6.48. The van der Waals surface area contributed by atoms with Gasteiger partial charge in [0.25, 0.3) is 0 Å². The normalized spacial score (nSPS) is 10.9. The molecule has 6 N–H and O–H groups in total. The van der Waals surface area contributed by atoms with Crippen LogP contribution in [-0.4, -0.2) is 92.8 Å². The summed E-state index contributed by atoms with van der Waals surface area (Å²) < 4.78 is 60.9. The van der Waals surface area contributed by atoms with Gasteiger partial charge in [-0.05, 0) is 93.1 Å². The number of nitrogens with two attached hydrogens (primary N) is 3. The lowest BCUT2D eigenvalue weighted by molar-refractivity contribution is 0.144. The van der Waals surface area contributed by atoms with Crippen molar-refractivity contribution in [3.63, 3.8) is 0 Å². The van der Waals surface area contributed by atoms with Crippen LogP contribution in [0.2, 0.25) is 0 Å². The van der Waals surface area contributed by atoms with Gasteiger partial charge in [-0.15, -0.1) is 0 Å². The van der Waals surface area contributed by atoms with Crippen LogP contribution in [0.25, 0.3) is 67.3 Å². The van der Waals surface area contributed by atoms with E-state index in [2.05, 4.69) is 66.7 Å². The van der Waals surface area contributed by atoms with Gasteiger partial charge >= 0.3 is 0 Å². The second-order valence-electron chi connectivity index (χ2n) is 14.7. The number of benzene rings is 3. The smallest absolute Gasteiger partial charge is 0.247 e. The van der Waals surface area contributed by atoms with Crippen LogP contribution in [0, 0.1) is 17.5 Å². The molecule has 0 saturated heterocycles. The monoisotopic (exact) mass is 927 g/mol. The number of rotatable bonds is 13. The number of unbranched alkanes of at least 4 members (excludes halogenated alkanes) is 1. The SMILES string of the molecule is CC(C)Oc1nc(N)nc2ncc(-c3ccc(F)cc3)nc12.CCCCOc1nc(N)nc2ncc(-c3ccc(F)cc3)nc12.COCCOc1nc(N)nc2ncc(-c3ccc(F)cc3)nc12. The standard InChI is InChI=1S/C16H16FN5O.C15H14FN5O2.C15H14FN5O/c1-2-3-8-23-15-13-14(21-16(18)22-15)19-9-12(20-13)10-4-6-11(17)7-5-10;1-22-6-7-23-14-12-13(20-15(17)21-14)18-8-11(19-12)9-2-4-10(16)5-3-9;1-8(2)22-14-12-13(20-15(17)21-14)18-7-11(19-12)9-3-5-10(16)6-4-9/h4-7,9H,2-3,8H2,1H3,(H2,18,19,21,22);2-5,8H,6-7H2,1H3,(H2,17,18,20,21);3-8H,1-2H3,(H2,17,18,20,21). The Balaban J connectivity index is 0.000000151. The molecule has 9 rings (SSSR count). The van der Waals surface area contributed by atoms with Crippen molar-refractivity contribution in [1.82, 2.24) is 59.8 Å². The molecule has 0 amide bonds. The minimum atomic E-state index is -0.317. The first kappa shape index (κ1) is 47.4. The number of nitrogens with zero attached hydrogens (tertiary/aromatic N) is 12. The first-order valence-corrected chi connectivity index (χ1v) is 21.0. The fourth-order valence-corrected chi connectivity index (χ4v) is 6.02. The van der Waals surface area contributed by atoms with Crippen molar-refractivity contribution >= 4 is 51.3 Å². The van der Waals surface area contributed by atoms with Gasteiger partial charge in [-0.3, -0.25) is 0 Å². The number of anilines is 3. The zero-order valence-electron chi connectivity index (χ0n) is 37.1. The van der Waals surface area contributed by atoms with Crippen molar-refractivity contribution in [3.8, 4) is 51.4 Å². The summed E-state index contributed by atoms with van der Waals surface area (Å²) in [5, 5.41) is 0. The molecule has 0 saturated carbocycles. The number of aromatic nitrogens is 12. The molecule has 0 spiro atoms. The minimum Gasteiger partial charge on any atom is -0.476 e. The number of hydrogen-bond donors (Lipinski definition) is 3. The lowest BCUT2D eigenvalue weighted by atomic mass is 10.1. The molecular weight excluding hydrogens is 884 g/mol. The van der Waals surface area contributed by atoms with Crippen LogP contribution in [0.1, 0.15) is 33.6 Å². The summed E-state index contributed by atoms with van der Waals surface area (Å²) >= 11 is 0. The van der Waals surface area contributed by atoms with Gasteiger partial charge in [0.05, 0.1) is 55.0 Å². The summed E-state index contributed by atoms with van der Waals surface area (Å²) in [7, 11) is 1.57. The van der Waals surface area contributed by atoms with Crippen LogP contribution in [0.5, 0.6) is 17.6 Å². The zero-order chi connectivity index (χ0) is 48.2. The highest BCUT2D eigenvalue weighted by atomic mass is 19.1. The van der Waals surface area contributed by atoms with Crippen molar-refractivity contribution in [1.29, 1.82) is 0 Å². The first-order valence-electron chi connectivity index (χ1n) is 21.0. The molecule has 348 valence electrons. The van der Waals surface area contributed by atoms with Crippen LogP contribution in [-0.2, 0) is 4.74 Å². The highest BCUT2D eigenvalue weighted by Crippen LogP contribution is 2.28. The summed E-state index contributed by atoms with van der Waals surface area (Å²) in [5.74, 6) is 0.128. The molecule has 0 atom stereocenters. The molecule has 22 heteroatoms. The van der Waals surface area contributed by atoms with Gasteiger partial charge in [0.1, 0.15) is 24.1 Å². The van der Waals surface area contributed by atoms with Gasteiger partial charge in [-0.2, -0.15) is 29.9 Å². The lowest BCUT2D eigenvalue weighted by Crippen LogP contribution is -2.10. The van der Waals surface area contributed by atoms with Gasteiger partial charge in [-0.25, -0.2) is 43.1 Å².